The molecule has 10 heteroatoms. The Kier molecular flexibility index (Phi) is 6.10. The van der Waals surface area contributed by atoms with E-state index in [1.54, 1.807) is 24.3 Å². The van der Waals surface area contributed by atoms with Crippen LogP contribution in [0.3, 0.4) is 0 Å². The number of hydrogen-bond acceptors (Lipinski definition) is 6. The SMILES string of the molecule is COC(=O)c1c(NC(=S)Nc2ccc(S(=O)(=O)N3CCCC3)cc2)sc2c1CCC2. The molecule has 160 valence electrons. The van der Waals surface area contributed by atoms with Crippen LogP contribution in [-0.4, -0.2) is 44.0 Å². The van der Waals surface area contributed by atoms with Crippen molar-refractivity contribution in [1.82, 2.24) is 4.31 Å². The zero-order valence-corrected chi connectivity index (χ0v) is 19.0. The molecule has 0 atom stereocenters. The monoisotopic (exact) mass is 465 g/mol. The van der Waals surface area contributed by atoms with E-state index in [1.165, 1.54) is 27.6 Å². The lowest BCUT2D eigenvalue weighted by molar-refractivity contribution is 0.0601. The van der Waals surface area contributed by atoms with Crippen LogP contribution in [0.15, 0.2) is 29.2 Å². The second-order valence-electron chi connectivity index (χ2n) is 7.27. The fourth-order valence-corrected chi connectivity index (χ4v) is 6.95. The number of anilines is 2. The average Bonchev–Trinajstić information content (AvgIpc) is 3.45. The van der Waals surface area contributed by atoms with E-state index in [2.05, 4.69) is 10.6 Å². The number of carbonyl (C=O) groups is 1. The lowest BCUT2D eigenvalue weighted by Crippen LogP contribution is -2.27. The molecule has 0 radical (unpaired) electrons. The summed E-state index contributed by atoms with van der Waals surface area (Å²) < 4.78 is 31.7. The largest absolute Gasteiger partial charge is 0.465 e. The highest BCUT2D eigenvalue weighted by atomic mass is 32.2. The number of thiophene rings is 1. The molecule has 1 aromatic heterocycles. The van der Waals surface area contributed by atoms with Crippen molar-refractivity contribution in [2.24, 2.45) is 0 Å². The fourth-order valence-electron chi connectivity index (χ4n) is 3.86. The van der Waals surface area contributed by atoms with Crippen molar-refractivity contribution >= 4 is 55.3 Å². The maximum atomic E-state index is 12.6. The molecule has 4 rings (SSSR count). The highest BCUT2D eigenvalue weighted by Gasteiger charge is 2.28. The number of nitrogens with zero attached hydrogens (tertiary/aromatic N) is 1. The van der Waals surface area contributed by atoms with E-state index >= 15 is 0 Å². The van der Waals surface area contributed by atoms with E-state index in [9.17, 15) is 13.2 Å². The van der Waals surface area contributed by atoms with Gasteiger partial charge in [0.05, 0.1) is 17.6 Å². The van der Waals surface area contributed by atoms with Gasteiger partial charge in [-0.05, 0) is 74.2 Å². The summed E-state index contributed by atoms with van der Waals surface area (Å²) in [5.41, 5.74) is 2.27. The van der Waals surface area contributed by atoms with Crippen molar-refractivity contribution in [3.63, 3.8) is 0 Å². The molecule has 1 fully saturated rings. The van der Waals surface area contributed by atoms with E-state index in [0.29, 0.717) is 34.5 Å². The van der Waals surface area contributed by atoms with Crippen molar-refractivity contribution in [2.75, 3.05) is 30.8 Å². The lowest BCUT2D eigenvalue weighted by atomic mass is 10.1. The van der Waals surface area contributed by atoms with Crippen LogP contribution in [0.2, 0.25) is 0 Å². The molecule has 2 aliphatic rings. The molecule has 0 saturated carbocycles. The number of rotatable bonds is 5. The first-order valence-corrected chi connectivity index (χ1v) is 12.5. The predicted molar refractivity (Wildman–Crippen MR) is 122 cm³/mol. The second-order valence-corrected chi connectivity index (χ2v) is 10.7. The van der Waals surface area contributed by atoms with Gasteiger partial charge in [0.15, 0.2) is 5.11 Å². The van der Waals surface area contributed by atoms with Crippen molar-refractivity contribution in [3.8, 4) is 0 Å². The Hall–Kier alpha value is -2.01. The van der Waals surface area contributed by atoms with Crippen molar-refractivity contribution in [1.29, 1.82) is 0 Å². The number of thiocarbonyl (C=S) groups is 1. The number of nitrogens with one attached hydrogen (secondary N) is 2. The molecule has 2 aromatic rings. The third-order valence-electron chi connectivity index (χ3n) is 5.35. The number of aryl methyl sites for hydroxylation is 1. The van der Waals surface area contributed by atoms with Crippen LogP contribution in [0, 0.1) is 0 Å². The van der Waals surface area contributed by atoms with Crippen LogP contribution in [0.5, 0.6) is 0 Å². The minimum Gasteiger partial charge on any atom is -0.465 e. The molecule has 1 saturated heterocycles. The van der Waals surface area contributed by atoms with Gasteiger partial charge in [-0.3, -0.25) is 0 Å². The van der Waals surface area contributed by atoms with Gasteiger partial charge in [0, 0.05) is 23.7 Å². The number of ether oxygens (including phenoxy) is 1. The smallest absolute Gasteiger partial charge is 0.341 e. The van der Waals surface area contributed by atoms with Gasteiger partial charge in [0.1, 0.15) is 5.00 Å². The van der Waals surface area contributed by atoms with Gasteiger partial charge in [-0.15, -0.1) is 11.3 Å². The first-order chi connectivity index (χ1) is 14.4. The van der Waals surface area contributed by atoms with Gasteiger partial charge in [-0.2, -0.15) is 4.31 Å². The number of carbonyl (C=O) groups excluding carboxylic acids is 1. The van der Waals surface area contributed by atoms with Crippen LogP contribution >= 0.6 is 23.6 Å². The summed E-state index contributed by atoms with van der Waals surface area (Å²) in [6.45, 7) is 1.15. The molecule has 1 aliphatic carbocycles. The van der Waals surface area contributed by atoms with Crippen molar-refractivity contribution in [3.05, 3.63) is 40.3 Å². The molecule has 30 heavy (non-hydrogen) atoms. The molecule has 0 spiro atoms. The lowest BCUT2D eigenvalue weighted by Gasteiger charge is -2.16. The Morgan fingerprint density at radius 2 is 1.80 bits per heavy atom. The van der Waals surface area contributed by atoms with E-state index in [0.717, 1.165) is 37.7 Å². The van der Waals surface area contributed by atoms with Gasteiger partial charge < -0.3 is 15.4 Å². The summed E-state index contributed by atoms with van der Waals surface area (Å²) in [6.07, 6.45) is 4.67. The van der Waals surface area contributed by atoms with Gasteiger partial charge in [-0.1, -0.05) is 0 Å². The summed E-state index contributed by atoms with van der Waals surface area (Å²) in [5, 5.41) is 7.17. The molecular formula is C20H23N3O4S3. The minimum atomic E-state index is -3.44. The summed E-state index contributed by atoms with van der Waals surface area (Å²) in [6, 6.07) is 6.54. The van der Waals surface area contributed by atoms with E-state index < -0.39 is 10.0 Å². The van der Waals surface area contributed by atoms with Gasteiger partial charge in [0.2, 0.25) is 10.0 Å². The maximum absolute atomic E-state index is 12.6. The number of hydrogen-bond donors (Lipinski definition) is 2. The predicted octanol–water partition coefficient (Wildman–Crippen LogP) is 3.62. The molecule has 1 aromatic carbocycles. The van der Waals surface area contributed by atoms with Gasteiger partial charge >= 0.3 is 5.97 Å². The van der Waals surface area contributed by atoms with E-state index in [-0.39, 0.29) is 10.9 Å². The summed E-state index contributed by atoms with van der Waals surface area (Å²) >= 11 is 6.93. The molecule has 0 bridgehead atoms. The Morgan fingerprint density at radius 3 is 2.47 bits per heavy atom. The molecule has 0 unspecified atom stereocenters. The Labute approximate surface area is 185 Å². The quantitative estimate of drug-likeness (QED) is 0.515. The third-order valence-corrected chi connectivity index (χ3v) is 8.68. The summed E-state index contributed by atoms with van der Waals surface area (Å²) in [5.74, 6) is -0.365. The summed E-state index contributed by atoms with van der Waals surface area (Å²) in [7, 11) is -2.07. The van der Waals surface area contributed by atoms with E-state index in [4.69, 9.17) is 17.0 Å². The van der Waals surface area contributed by atoms with Crippen molar-refractivity contribution < 1.29 is 17.9 Å². The van der Waals surface area contributed by atoms with E-state index in [1.807, 2.05) is 0 Å². The highest BCUT2D eigenvalue weighted by molar-refractivity contribution is 7.89. The van der Waals surface area contributed by atoms with Crippen molar-refractivity contribution in [2.45, 2.75) is 37.0 Å². The number of methoxy groups -OCH3 is 1. The Balaban J connectivity index is 1.46. The topological polar surface area (TPSA) is 87.7 Å². The molecule has 2 N–H and O–H groups in total. The minimum absolute atomic E-state index is 0.275. The highest BCUT2D eigenvalue weighted by Crippen LogP contribution is 2.39. The number of esters is 1. The molecule has 0 amide bonds. The normalized spacial score (nSPS) is 16.3. The number of fused-ring (bicyclic) bond motifs is 1. The zero-order chi connectivity index (χ0) is 21.3. The zero-order valence-electron chi connectivity index (χ0n) is 16.6. The third kappa shape index (κ3) is 4.09. The summed E-state index contributed by atoms with van der Waals surface area (Å²) in [4.78, 5) is 13.7. The Morgan fingerprint density at radius 1 is 1.10 bits per heavy atom. The second kappa shape index (κ2) is 8.62. The first-order valence-electron chi connectivity index (χ1n) is 9.81. The standard InChI is InChI=1S/C20H23N3O4S3/c1-27-19(24)17-15-5-4-6-16(15)29-18(17)22-20(28)21-13-7-9-14(10-8-13)30(25,26)23-11-2-3-12-23/h7-10H,2-6,11-12H2,1H3,(H2,21,22,28). The van der Waals surface area contributed by atoms with Gasteiger partial charge in [0.25, 0.3) is 0 Å². The number of sulfonamides is 1. The average molecular weight is 466 g/mol. The van der Waals surface area contributed by atoms with Crippen LogP contribution in [0.25, 0.3) is 0 Å². The van der Waals surface area contributed by atoms with Crippen LogP contribution in [-0.2, 0) is 27.6 Å². The van der Waals surface area contributed by atoms with Crippen LogP contribution < -0.4 is 10.6 Å². The van der Waals surface area contributed by atoms with Crippen LogP contribution in [0.4, 0.5) is 10.7 Å². The Bertz CT molecular complexity index is 1070. The van der Waals surface area contributed by atoms with Crippen LogP contribution in [0.1, 0.15) is 40.1 Å². The molecule has 2 heterocycles. The molecule has 7 nitrogen and oxygen atoms in total. The fraction of sp³-hybridized carbons (Fsp3) is 0.400. The molecular weight excluding hydrogens is 442 g/mol. The number of benzene rings is 1. The maximum Gasteiger partial charge on any atom is 0.341 e. The first kappa shape index (κ1) is 21.2. The molecule has 1 aliphatic heterocycles. The van der Waals surface area contributed by atoms with Gasteiger partial charge in [-0.25, -0.2) is 13.2 Å².